The first-order valence-corrected chi connectivity index (χ1v) is 15.4. The molecule has 3 atom stereocenters. The molecular formula is C37H39N3O5. The Balaban J connectivity index is 1.40. The summed E-state index contributed by atoms with van der Waals surface area (Å²) in [4.78, 5) is 43.0. The molecule has 0 unspecified atom stereocenters. The van der Waals surface area contributed by atoms with Gasteiger partial charge in [0.05, 0.1) is 12.6 Å². The van der Waals surface area contributed by atoms with Crippen molar-refractivity contribution in [2.45, 2.75) is 49.9 Å². The highest BCUT2D eigenvalue weighted by atomic mass is 16.5. The Bertz CT molecular complexity index is 1480. The molecule has 232 valence electrons. The van der Waals surface area contributed by atoms with Crippen molar-refractivity contribution >= 4 is 17.9 Å². The molecule has 0 bridgehead atoms. The van der Waals surface area contributed by atoms with Crippen molar-refractivity contribution in [2.24, 2.45) is 0 Å². The van der Waals surface area contributed by atoms with Gasteiger partial charge in [-0.3, -0.25) is 9.59 Å². The van der Waals surface area contributed by atoms with E-state index in [4.69, 9.17) is 4.74 Å². The van der Waals surface area contributed by atoms with Gasteiger partial charge in [-0.15, -0.1) is 0 Å². The van der Waals surface area contributed by atoms with Crippen LogP contribution in [0, 0.1) is 0 Å². The minimum absolute atomic E-state index is 0.0492. The number of carbonyl (C=O) groups excluding carboxylic acids is 3. The number of carbonyl (C=O) groups is 3. The summed E-state index contributed by atoms with van der Waals surface area (Å²) in [5, 5.41) is 15.9. The van der Waals surface area contributed by atoms with Gasteiger partial charge < -0.3 is 25.4 Å². The van der Waals surface area contributed by atoms with Crippen LogP contribution in [0.15, 0.2) is 121 Å². The van der Waals surface area contributed by atoms with Gasteiger partial charge >= 0.3 is 6.09 Å². The van der Waals surface area contributed by atoms with Gasteiger partial charge in [-0.25, -0.2) is 4.79 Å². The topological polar surface area (TPSA) is 108 Å². The van der Waals surface area contributed by atoms with Gasteiger partial charge in [-0.2, -0.15) is 0 Å². The van der Waals surface area contributed by atoms with E-state index in [1.165, 1.54) is 0 Å². The molecule has 8 nitrogen and oxygen atoms in total. The number of benzene rings is 4. The van der Waals surface area contributed by atoms with E-state index in [9.17, 15) is 19.5 Å². The van der Waals surface area contributed by atoms with Crippen LogP contribution >= 0.6 is 0 Å². The van der Waals surface area contributed by atoms with Gasteiger partial charge in [0, 0.05) is 12.5 Å². The Morgan fingerprint density at radius 2 is 1.29 bits per heavy atom. The number of aliphatic hydroxyl groups is 1. The summed E-state index contributed by atoms with van der Waals surface area (Å²) < 4.78 is 5.56. The number of amides is 3. The molecule has 0 spiro atoms. The predicted molar refractivity (Wildman–Crippen MR) is 172 cm³/mol. The summed E-state index contributed by atoms with van der Waals surface area (Å²) in [7, 11) is 0. The summed E-state index contributed by atoms with van der Waals surface area (Å²) in [5.41, 5.74) is 3.49. The molecular weight excluding hydrogens is 566 g/mol. The molecule has 1 aliphatic rings. The number of nitrogens with zero attached hydrogens (tertiary/aromatic N) is 1. The van der Waals surface area contributed by atoms with Crippen molar-refractivity contribution in [2.75, 3.05) is 13.2 Å². The minimum atomic E-state index is -1.05. The van der Waals surface area contributed by atoms with Gasteiger partial charge in [-0.05, 0) is 41.5 Å². The third kappa shape index (κ3) is 8.37. The number of rotatable bonds is 12. The molecule has 4 aromatic carbocycles. The molecule has 0 saturated carbocycles. The van der Waals surface area contributed by atoms with Gasteiger partial charge in [0.15, 0.2) is 0 Å². The van der Waals surface area contributed by atoms with Crippen LogP contribution in [0.1, 0.15) is 41.0 Å². The number of hydrogen-bond donors (Lipinski definition) is 3. The maximum Gasteiger partial charge on any atom is 0.408 e. The van der Waals surface area contributed by atoms with E-state index < -0.39 is 30.1 Å². The molecule has 0 aromatic heterocycles. The van der Waals surface area contributed by atoms with Crippen LogP contribution in [0.3, 0.4) is 0 Å². The Hall–Kier alpha value is -4.95. The minimum Gasteiger partial charge on any atom is -0.445 e. The first-order valence-electron chi connectivity index (χ1n) is 15.4. The monoisotopic (exact) mass is 605 g/mol. The van der Waals surface area contributed by atoms with Crippen molar-refractivity contribution in [3.63, 3.8) is 0 Å². The fraction of sp³-hybridized carbons (Fsp3) is 0.270. The smallest absolute Gasteiger partial charge is 0.408 e. The molecule has 0 aliphatic carbocycles. The quantitative estimate of drug-likeness (QED) is 0.215. The van der Waals surface area contributed by atoms with Crippen LogP contribution in [-0.4, -0.2) is 59.2 Å². The molecule has 3 N–H and O–H groups in total. The molecule has 5 rings (SSSR count). The van der Waals surface area contributed by atoms with E-state index in [0.717, 1.165) is 22.3 Å². The molecule has 0 radical (unpaired) electrons. The maximum atomic E-state index is 14.5. The molecule has 1 fully saturated rings. The lowest BCUT2D eigenvalue weighted by molar-refractivity contribution is -0.140. The molecule has 1 saturated heterocycles. The van der Waals surface area contributed by atoms with Gasteiger partial charge in [0.1, 0.15) is 18.7 Å². The normalized spacial score (nSPS) is 15.7. The molecule has 4 aromatic rings. The highest BCUT2D eigenvalue weighted by Crippen LogP contribution is 2.31. The summed E-state index contributed by atoms with van der Waals surface area (Å²) in [6.45, 7) is 0.184. The van der Waals surface area contributed by atoms with E-state index in [0.29, 0.717) is 25.8 Å². The summed E-state index contributed by atoms with van der Waals surface area (Å²) in [5.74, 6) is -1.24. The summed E-state index contributed by atoms with van der Waals surface area (Å²) in [6, 6.07) is 35.8. The molecule has 45 heavy (non-hydrogen) atoms. The average Bonchev–Trinajstić information content (AvgIpc) is 3.59. The zero-order valence-corrected chi connectivity index (χ0v) is 25.1. The Labute approximate surface area is 264 Å². The van der Waals surface area contributed by atoms with E-state index >= 15 is 0 Å². The Morgan fingerprint density at radius 3 is 1.84 bits per heavy atom. The van der Waals surface area contributed by atoms with Crippen LogP contribution in [0.2, 0.25) is 0 Å². The lowest BCUT2D eigenvalue weighted by Crippen LogP contribution is -2.56. The van der Waals surface area contributed by atoms with Crippen molar-refractivity contribution in [3.05, 3.63) is 144 Å². The van der Waals surface area contributed by atoms with Gasteiger partial charge in [0.25, 0.3) is 0 Å². The highest BCUT2D eigenvalue weighted by molar-refractivity contribution is 5.93. The van der Waals surface area contributed by atoms with Gasteiger partial charge in [-0.1, -0.05) is 121 Å². The lowest BCUT2D eigenvalue weighted by atomic mass is 9.84. The second-order valence-electron chi connectivity index (χ2n) is 11.3. The third-order valence-electron chi connectivity index (χ3n) is 8.13. The summed E-state index contributed by atoms with van der Waals surface area (Å²) >= 11 is 0. The molecule has 3 amide bonds. The number of nitrogens with one attached hydrogen (secondary N) is 2. The fourth-order valence-electron chi connectivity index (χ4n) is 5.92. The van der Waals surface area contributed by atoms with Gasteiger partial charge in [0.2, 0.25) is 11.8 Å². The predicted octanol–water partition coefficient (Wildman–Crippen LogP) is 4.82. The summed E-state index contributed by atoms with van der Waals surface area (Å²) in [6.07, 6.45) is 0.856. The second kappa shape index (κ2) is 15.7. The first-order chi connectivity index (χ1) is 22.0. The van der Waals surface area contributed by atoms with Crippen molar-refractivity contribution in [1.29, 1.82) is 0 Å². The maximum absolute atomic E-state index is 14.5. The zero-order chi connectivity index (χ0) is 31.4. The van der Waals surface area contributed by atoms with E-state index in [2.05, 4.69) is 10.6 Å². The SMILES string of the molecule is O=C(N[C@H](C(=O)N1CCC[C@@H]1C(=O)N[C@H](CO)Cc1ccccc1)C(c1ccccc1)c1ccccc1)OCc1ccccc1. The lowest BCUT2D eigenvalue weighted by Gasteiger charge is -2.33. The molecule has 1 heterocycles. The number of ether oxygens (including phenoxy) is 1. The van der Waals surface area contributed by atoms with Crippen molar-refractivity contribution < 1.29 is 24.2 Å². The third-order valence-corrected chi connectivity index (χ3v) is 8.13. The van der Waals surface area contributed by atoms with Crippen LogP contribution in [0.5, 0.6) is 0 Å². The Morgan fingerprint density at radius 1 is 0.756 bits per heavy atom. The van der Waals surface area contributed by atoms with Crippen LogP contribution in [0.4, 0.5) is 4.79 Å². The zero-order valence-electron chi connectivity index (χ0n) is 25.1. The largest absolute Gasteiger partial charge is 0.445 e. The van der Waals surface area contributed by atoms with E-state index in [1.54, 1.807) is 4.90 Å². The van der Waals surface area contributed by atoms with Crippen LogP contribution in [-0.2, 0) is 27.4 Å². The number of hydrogen-bond acceptors (Lipinski definition) is 5. The fourth-order valence-corrected chi connectivity index (χ4v) is 5.92. The average molecular weight is 606 g/mol. The van der Waals surface area contributed by atoms with E-state index in [1.807, 2.05) is 121 Å². The van der Waals surface area contributed by atoms with Crippen molar-refractivity contribution in [3.8, 4) is 0 Å². The number of alkyl carbamates (subject to hydrolysis) is 1. The molecule has 8 heteroatoms. The van der Waals surface area contributed by atoms with Crippen LogP contribution in [0.25, 0.3) is 0 Å². The number of aliphatic hydroxyl groups excluding tert-OH is 1. The standard InChI is InChI=1S/C37H39N3O5/c41-25-31(24-27-14-5-1-6-15-27)38-35(42)32-22-13-23-40(32)36(43)34(39-37(44)45-26-28-16-7-2-8-17-28)33(29-18-9-3-10-19-29)30-20-11-4-12-21-30/h1-12,14-21,31-34,41H,13,22-26H2,(H,38,42)(H,39,44)/t31-,32+,34-/m0/s1. The second-order valence-corrected chi connectivity index (χ2v) is 11.3. The number of likely N-dealkylation sites (tertiary alicyclic amines) is 1. The van der Waals surface area contributed by atoms with Crippen LogP contribution < -0.4 is 10.6 Å². The van der Waals surface area contributed by atoms with E-state index in [-0.39, 0.29) is 25.0 Å². The first kappa shape index (κ1) is 31.5. The Kier molecular flexibility index (Phi) is 11.0. The molecule has 1 aliphatic heterocycles. The highest BCUT2D eigenvalue weighted by Gasteiger charge is 2.42. The van der Waals surface area contributed by atoms with Crippen molar-refractivity contribution in [1.82, 2.24) is 15.5 Å².